The fraction of sp³-hybridized carbons (Fsp3) is 0.526. The van der Waals surface area contributed by atoms with E-state index in [2.05, 4.69) is 5.32 Å². The highest BCUT2D eigenvalue weighted by molar-refractivity contribution is 5.94. The van der Waals surface area contributed by atoms with E-state index in [0.29, 0.717) is 44.5 Å². The predicted octanol–water partition coefficient (Wildman–Crippen LogP) is 1.72. The summed E-state index contributed by atoms with van der Waals surface area (Å²) in [6.07, 6.45) is 1.92. The van der Waals surface area contributed by atoms with Crippen molar-refractivity contribution in [2.75, 3.05) is 26.2 Å². The number of hydrogen-bond donors (Lipinski definition) is 2. The number of hydrogen-bond acceptors (Lipinski definition) is 3. The smallest absolute Gasteiger partial charge is 0.317 e. The second kappa shape index (κ2) is 7.76. The standard InChI is InChI=1S/C19H25N3O4/c1-13-2-4-14(5-3-13)17(23)21-10-7-16(8-11-21)20-19(26)22-9-6-15(12-22)18(24)25/h2-5,15-16H,6-12H2,1H3,(H,20,26)(H,24,25). The van der Waals surface area contributed by atoms with Crippen molar-refractivity contribution in [3.05, 3.63) is 35.4 Å². The molecule has 2 saturated heterocycles. The third kappa shape index (κ3) is 4.15. The minimum atomic E-state index is -0.844. The van der Waals surface area contributed by atoms with E-state index in [9.17, 15) is 14.4 Å². The van der Waals surface area contributed by atoms with Crippen molar-refractivity contribution >= 4 is 17.9 Å². The van der Waals surface area contributed by atoms with Gasteiger partial charge in [0.2, 0.25) is 0 Å². The molecule has 3 amide bonds. The van der Waals surface area contributed by atoms with E-state index in [1.807, 2.05) is 36.1 Å². The fourth-order valence-electron chi connectivity index (χ4n) is 3.52. The number of amides is 3. The molecule has 2 N–H and O–H groups in total. The molecule has 0 aromatic heterocycles. The van der Waals surface area contributed by atoms with Gasteiger partial charge < -0.3 is 20.2 Å². The van der Waals surface area contributed by atoms with E-state index in [4.69, 9.17) is 5.11 Å². The van der Waals surface area contributed by atoms with Crippen molar-refractivity contribution in [2.45, 2.75) is 32.2 Å². The van der Waals surface area contributed by atoms with Gasteiger partial charge in [0.1, 0.15) is 0 Å². The lowest BCUT2D eigenvalue weighted by atomic mass is 10.0. The van der Waals surface area contributed by atoms with Crippen molar-refractivity contribution in [1.29, 1.82) is 0 Å². The predicted molar refractivity (Wildman–Crippen MR) is 96.0 cm³/mol. The van der Waals surface area contributed by atoms with Gasteiger partial charge in [0, 0.05) is 37.8 Å². The summed E-state index contributed by atoms with van der Waals surface area (Å²) in [6.45, 7) is 3.95. The molecule has 1 unspecified atom stereocenters. The van der Waals surface area contributed by atoms with Crippen LogP contribution in [0.5, 0.6) is 0 Å². The average molecular weight is 359 g/mol. The second-order valence-corrected chi connectivity index (χ2v) is 7.15. The Morgan fingerprint density at radius 1 is 1.00 bits per heavy atom. The summed E-state index contributed by atoms with van der Waals surface area (Å²) < 4.78 is 0. The maximum atomic E-state index is 12.5. The van der Waals surface area contributed by atoms with Gasteiger partial charge in [-0.15, -0.1) is 0 Å². The monoisotopic (exact) mass is 359 g/mol. The molecule has 2 aliphatic rings. The number of aryl methyl sites for hydroxylation is 1. The van der Waals surface area contributed by atoms with Gasteiger partial charge in [-0.25, -0.2) is 4.79 Å². The summed E-state index contributed by atoms with van der Waals surface area (Å²) in [5, 5.41) is 12.0. The summed E-state index contributed by atoms with van der Waals surface area (Å²) >= 11 is 0. The fourth-order valence-corrected chi connectivity index (χ4v) is 3.52. The molecule has 0 bridgehead atoms. The molecular formula is C19H25N3O4. The lowest BCUT2D eigenvalue weighted by molar-refractivity contribution is -0.141. The zero-order valence-corrected chi connectivity index (χ0v) is 15.0. The van der Waals surface area contributed by atoms with E-state index in [1.54, 1.807) is 4.90 Å². The van der Waals surface area contributed by atoms with Crippen molar-refractivity contribution < 1.29 is 19.5 Å². The lowest BCUT2D eigenvalue weighted by Crippen LogP contribution is -2.49. The summed E-state index contributed by atoms with van der Waals surface area (Å²) in [7, 11) is 0. The third-order valence-electron chi connectivity index (χ3n) is 5.23. The number of carbonyl (C=O) groups is 3. The largest absolute Gasteiger partial charge is 0.481 e. The van der Waals surface area contributed by atoms with E-state index in [0.717, 1.165) is 5.56 Å². The van der Waals surface area contributed by atoms with Crippen molar-refractivity contribution in [3.8, 4) is 0 Å². The zero-order chi connectivity index (χ0) is 18.7. The minimum absolute atomic E-state index is 0.0217. The van der Waals surface area contributed by atoms with Crippen LogP contribution in [0, 0.1) is 12.8 Å². The zero-order valence-electron chi connectivity index (χ0n) is 15.0. The van der Waals surface area contributed by atoms with Gasteiger partial charge in [-0.05, 0) is 38.3 Å². The van der Waals surface area contributed by atoms with Crippen molar-refractivity contribution in [2.24, 2.45) is 5.92 Å². The van der Waals surface area contributed by atoms with Crippen LogP contribution in [0.15, 0.2) is 24.3 Å². The molecule has 7 nitrogen and oxygen atoms in total. The van der Waals surface area contributed by atoms with Crippen LogP contribution in [0.4, 0.5) is 4.79 Å². The van der Waals surface area contributed by atoms with E-state index in [-0.39, 0.29) is 24.5 Å². The highest BCUT2D eigenvalue weighted by Gasteiger charge is 2.32. The van der Waals surface area contributed by atoms with Crippen LogP contribution >= 0.6 is 0 Å². The van der Waals surface area contributed by atoms with Crippen LogP contribution < -0.4 is 5.32 Å². The maximum absolute atomic E-state index is 12.5. The Morgan fingerprint density at radius 2 is 1.62 bits per heavy atom. The molecule has 7 heteroatoms. The Bertz CT molecular complexity index is 681. The Balaban J connectivity index is 1.46. The SMILES string of the molecule is Cc1ccc(C(=O)N2CCC(NC(=O)N3CCC(C(=O)O)C3)CC2)cc1. The summed E-state index contributed by atoms with van der Waals surface area (Å²) in [5.41, 5.74) is 1.81. The number of piperidine rings is 1. The first-order valence-corrected chi connectivity index (χ1v) is 9.08. The van der Waals surface area contributed by atoms with Crippen molar-refractivity contribution in [1.82, 2.24) is 15.1 Å². The molecular weight excluding hydrogens is 334 g/mol. The van der Waals surface area contributed by atoms with Gasteiger partial charge in [0.25, 0.3) is 5.91 Å². The first-order valence-electron chi connectivity index (χ1n) is 9.08. The number of carbonyl (C=O) groups excluding carboxylic acids is 2. The summed E-state index contributed by atoms with van der Waals surface area (Å²) in [6, 6.07) is 7.38. The van der Waals surface area contributed by atoms with Gasteiger partial charge in [-0.3, -0.25) is 9.59 Å². The van der Waals surface area contributed by atoms with Gasteiger partial charge in [-0.1, -0.05) is 17.7 Å². The topological polar surface area (TPSA) is 90.0 Å². The Hall–Kier alpha value is -2.57. The molecule has 1 atom stereocenters. The highest BCUT2D eigenvalue weighted by atomic mass is 16.4. The molecule has 0 saturated carbocycles. The number of aliphatic carboxylic acids is 1. The summed E-state index contributed by atoms with van der Waals surface area (Å²) in [5.74, 6) is -1.28. The van der Waals surface area contributed by atoms with Crippen molar-refractivity contribution in [3.63, 3.8) is 0 Å². The molecule has 26 heavy (non-hydrogen) atoms. The molecule has 3 rings (SSSR count). The van der Waals surface area contributed by atoms with Crippen LogP contribution in [0.2, 0.25) is 0 Å². The highest BCUT2D eigenvalue weighted by Crippen LogP contribution is 2.18. The molecule has 0 radical (unpaired) electrons. The molecule has 0 spiro atoms. The first-order chi connectivity index (χ1) is 12.4. The number of urea groups is 1. The molecule has 2 fully saturated rings. The quantitative estimate of drug-likeness (QED) is 0.860. The van der Waals surface area contributed by atoms with E-state index < -0.39 is 11.9 Å². The van der Waals surface area contributed by atoms with Crippen LogP contribution in [0.25, 0.3) is 0 Å². The van der Waals surface area contributed by atoms with Crippen LogP contribution in [0.3, 0.4) is 0 Å². The number of likely N-dealkylation sites (tertiary alicyclic amines) is 2. The van der Waals surface area contributed by atoms with E-state index in [1.165, 1.54) is 0 Å². The number of benzene rings is 1. The van der Waals surface area contributed by atoms with Gasteiger partial charge in [-0.2, -0.15) is 0 Å². The van der Waals surface area contributed by atoms with Gasteiger partial charge in [0.15, 0.2) is 0 Å². The molecule has 2 heterocycles. The number of nitrogens with one attached hydrogen (secondary N) is 1. The van der Waals surface area contributed by atoms with Gasteiger partial charge in [0.05, 0.1) is 5.92 Å². The van der Waals surface area contributed by atoms with E-state index >= 15 is 0 Å². The number of rotatable bonds is 3. The maximum Gasteiger partial charge on any atom is 0.317 e. The number of carboxylic acid groups (broad SMARTS) is 1. The molecule has 1 aromatic carbocycles. The molecule has 0 aliphatic carbocycles. The Labute approximate surface area is 153 Å². The lowest BCUT2D eigenvalue weighted by Gasteiger charge is -2.33. The van der Waals surface area contributed by atoms with Crippen LogP contribution in [-0.2, 0) is 4.79 Å². The first kappa shape index (κ1) is 18.2. The number of nitrogens with zero attached hydrogens (tertiary/aromatic N) is 2. The van der Waals surface area contributed by atoms with Crippen LogP contribution in [0.1, 0.15) is 35.2 Å². The minimum Gasteiger partial charge on any atom is -0.481 e. The van der Waals surface area contributed by atoms with Gasteiger partial charge >= 0.3 is 12.0 Å². The third-order valence-corrected chi connectivity index (χ3v) is 5.23. The summed E-state index contributed by atoms with van der Waals surface area (Å²) in [4.78, 5) is 39.2. The molecule has 140 valence electrons. The Morgan fingerprint density at radius 3 is 2.19 bits per heavy atom. The average Bonchev–Trinajstić information content (AvgIpc) is 3.13. The Kier molecular flexibility index (Phi) is 5.44. The molecule has 1 aromatic rings. The number of carboxylic acids is 1. The second-order valence-electron chi connectivity index (χ2n) is 7.15. The molecule has 2 aliphatic heterocycles. The van der Waals surface area contributed by atoms with Crippen LogP contribution in [-0.4, -0.2) is 65.0 Å². The normalized spacial score (nSPS) is 20.9.